The number of ether oxygens (including phenoxy) is 2. The highest BCUT2D eigenvalue weighted by molar-refractivity contribution is 7.89. The van der Waals surface area contributed by atoms with Crippen molar-refractivity contribution in [1.29, 1.82) is 0 Å². The number of hydrogen-bond donors (Lipinski definition) is 1. The lowest BCUT2D eigenvalue weighted by Gasteiger charge is -2.39. The number of rotatable bonds is 9. The van der Waals surface area contributed by atoms with Gasteiger partial charge in [0.25, 0.3) is 0 Å². The third-order valence-electron chi connectivity index (χ3n) is 5.95. The molecule has 1 aliphatic rings. The van der Waals surface area contributed by atoms with E-state index in [-0.39, 0.29) is 23.3 Å². The van der Waals surface area contributed by atoms with E-state index in [1.807, 2.05) is 17.0 Å². The van der Waals surface area contributed by atoms with Crippen LogP contribution in [0, 0.1) is 5.82 Å². The van der Waals surface area contributed by atoms with Gasteiger partial charge >= 0.3 is 0 Å². The number of para-hydroxylation sites is 1. The molecule has 0 aliphatic carbocycles. The van der Waals surface area contributed by atoms with Gasteiger partial charge in [-0.15, -0.1) is 0 Å². The summed E-state index contributed by atoms with van der Waals surface area (Å²) in [5.41, 5.74) is 0.575. The number of nitrogens with zero attached hydrogens (tertiary/aromatic N) is 2. The molecule has 0 spiro atoms. The molecule has 0 amide bonds. The summed E-state index contributed by atoms with van der Waals surface area (Å²) in [6, 6.07) is 14.5. The Morgan fingerprint density at radius 3 is 2.38 bits per heavy atom. The highest BCUT2D eigenvalue weighted by Gasteiger charge is 2.29. The lowest BCUT2D eigenvalue weighted by atomic mass is 10.1. The van der Waals surface area contributed by atoms with Crippen molar-refractivity contribution in [2.45, 2.75) is 10.9 Å². The minimum Gasteiger partial charge on any atom is -0.493 e. The Morgan fingerprint density at radius 1 is 1.00 bits per heavy atom. The average molecular weight is 490 g/mol. The van der Waals surface area contributed by atoms with Crippen LogP contribution < -0.4 is 19.1 Å². The maximum atomic E-state index is 14.2. The second-order valence-electron chi connectivity index (χ2n) is 7.87. The first-order valence-corrected chi connectivity index (χ1v) is 12.4. The molecule has 1 atom stereocenters. The standard InChI is InChI=1S/C24H28FN3O5S/c1-31-23-10-9-18(16-24(23)32-2)34(29,30)26-17-21(22-8-5-15-33-22)28-13-11-27(12-14-28)20-7-4-3-6-19(20)25/h3-10,15-16,21,26H,11-14,17H2,1-2H3/t21-/m1/s1. The highest BCUT2D eigenvalue weighted by Crippen LogP contribution is 2.30. The first kappa shape index (κ1) is 24.1. The fraction of sp³-hybridized carbons (Fsp3) is 0.333. The van der Waals surface area contributed by atoms with Gasteiger partial charge in [-0.1, -0.05) is 12.1 Å². The Kier molecular flexibility index (Phi) is 7.40. The molecule has 1 N–H and O–H groups in total. The zero-order chi connectivity index (χ0) is 24.1. The Morgan fingerprint density at radius 2 is 1.74 bits per heavy atom. The van der Waals surface area contributed by atoms with Crippen molar-refractivity contribution in [3.63, 3.8) is 0 Å². The largest absolute Gasteiger partial charge is 0.493 e. The van der Waals surface area contributed by atoms with Crippen molar-refractivity contribution >= 4 is 15.7 Å². The molecule has 10 heteroatoms. The van der Waals surface area contributed by atoms with Crippen molar-refractivity contribution < 1.29 is 26.7 Å². The molecule has 1 aliphatic heterocycles. The lowest BCUT2D eigenvalue weighted by Crippen LogP contribution is -2.50. The number of furan rings is 1. The van der Waals surface area contributed by atoms with Crippen LogP contribution in [-0.4, -0.2) is 60.3 Å². The van der Waals surface area contributed by atoms with Gasteiger partial charge in [0.1, 0.15) is 11.6 Å². The summed E-state index contributed by atoms with van der Waals surface area (Å²) in [7, 11) is -0.872. The summed E-state index contributed by atoms with van der Waals surface area (Å²) in [6.07, 6.45) is 1.57. The smallest absolute Gasteiger partial charge is 0.240 e. The predicted octanol–water partition coefficient (Wildman–Crippen LogP) is 3.28. The van der Waals surface area contributed by atoms with E-state index < -0.39 is 10.0 Å². The van der Waals surface area contributed by atoms with E-state index in [0.29, 0.717) is 49.1 Å². The van der Waals surface area contributed by atoms with E-state index in [1.54, 1.807) is 30.5 Å². The summed E-state index contributed by atoms with van der Waals surface area (Å²) in [5.74, 6) is 1.19. The molecule has 182 valence electrons. The monoisotopic (exact) mass is 489 g/mol. The molecule has 4 rings (SSSR count). The second kappa shape index (κ2) is 10.5. The van der Waals surface area contributed by atoms with Gasteiger partial charge in [0, 0.05) is 38.8 Å². The first-order valence-electron chi connectivity index (χ1n) is 10.9. The van der Waals surface area contributed by atoms with Crippen LogP contribution in [0.4, 0.5) is 10.1 Å². The molecule has 34 heavy (non-hydrogen) atoms. The molecule has 2 aromatic carbocycles. The van der Waals surface area contributed by atoms with Crippen LogP contribution in [0.15, 0.2) is 70.2 Å². The number of benzene rings is 2. The van der Waals surface area contributed by atoms with Gasteiger partial charge in [0.15, 0.2) is 11.5 Å². The summed E-state index contributed by atoms with van der Waals surface area (Å²) in [4.78, 5) is 4.22. The van der Waals surface area contributed by atoms with Crippen LogP contribution in [0.3, 0.4) is 0 Å². The number of nitrogens with one attached hydrogen (secondary N) is 1. The van der Waals surface area contributed by atoms with Gasteiger partial charge in [-0.05, 0) is 36.4 Å². The number of piperazine rings is 1. The fourth-order valence-corrected chi connectivity index (χ4v) is 5.18. The van der Waals surface area contributed by atoms with E-state index in [4.69, 9.17) is 13.9 Å². The molecule has 0 bridgehead atoms. The van der Waals surface area contributed by atoms with Crippen LogP contribution in [0.2, 0.25) is 0 Å². The third kappa shape index (κ3) is 5.19. The van der Waals surface area contributed by atoms with Gasteiger partial charge in [-0.3, -0.25) is 4.90 Å². The van der Waals surface area contributed by atoms with Crippen molar-refractivity contribution in [3.05, 3.63) is 72.4 Å². The zero-order valence-corrected chi connectivity index (χ0v) is 19.9. The van der Waals surface area contributed by atoms with E-state index in [0.717, 1.165) is 0 Å². The van der Waals surface area contributed by atoms with Crippen LogP contribution in [0.1, 0.15) is 11.8 Å². The van der Waals surface area contributed by atoms with Crippen molar-refractivity contribution in [3.8, 4) is 11.5 Å². The van der Waals surface area contributed by atoms with Gasteiger partial charge < -0.3 is 18.8 Å². The molecule has 3 aromatic rings. The number of hydrogen-bond acceptors (Lipinski definition) is 7. The Balaban J connectivity index is 1.47. The Labute approximate surface area is 198 Å². The number of methoxy groups -OCH3 is 2. The van der Waals surface area contributed by atoms with Crippen LogP contribution in [0.5, 0.6) is 11.5 Å². The zero-order valence-electron chi connectivity index (χ0n) is 19.1. The molecule has 2 heterocycles. The first-order chi connectivity index (χ1) is 16.4. The molecule has 0 unspecified atom stereocenters. The minimum atomic E-state index is -3.82. The predicted molar refractivity (Wildman–Crippen MR) is 126 cm³/mol. The van der Waals surface area contributed by atoms with Gasteiger partial charge in [0.2, 0.25) is 10.0 Å². The van der Waals surface area contributed by atoms with E-state index in [2.05, 4.69) is 9.62 Å². The normalized spacial score (nSPS) is 15.8. The average Bonchev–Trinajstić information content (AvgIpc) is 3.39. The number of halogens is 1. The maximum absolute atomic E-state index is 14.2. The van der Waals surface area contributed by atoms with Gasteiger partial charge in [0.05, 0.1) is 37.1 Å². The third-order valence-corrected chi connectivity index (χ3v) is 7.37. The van der Waals surface area contributed by atoms with E-state index >= 15 is 0 Å². The van der Waals surface area contributed by atoms with E-state index in [9.17, 15) is 12.8 Å². The quantitative estimate of drug-likeness (QED) is 0.494. The van der Waals surface area contributed by atoms with Crippen molar-refractivity contribution in [2.24, 2.45) is 0 Å². The molecule has 1 aromatic heterocycles. The Hall–Kier alpha value is -3.08. The number of sulfonamides is 1. The van der Waals surface area contributed by atoms with Crippen molar-refractivity contribution in [2.75, 3.05) is 51.8 Å². The minimum absolute atomic E-state index is 0.0766. The number of anilines is 1. The van der Waals surface area contributed by atoms with Crippen LogP contribution >= 0.6 is 0 Å². The van der Waals surface area contributed by atoms with Crippen LogP contribution in [0.25, 0.3) is 0 Å². The maximum Gasteiger partial charge on any atom is 0.240 e. The molecule has 0 radical (unpaired) electrons. The van der Waals surface area contributed by atoms with Crippen molar-refractivity contribution in [1.82, 2.24) is 9.62 Å². The topological polar surface area (TPSA) is 84.2 Å². The SMILES string of the molecule is COc1ccc(S(=O)(=O)NC[C@H](c2ccco2)N2CCN(c3ccccc3F)CC2)cc1OC. The Bertz CT molecular complexity index is 1200. The summed E-state index contributed by atoms with van der Waals surface area (Å²) in [5, 5.41) is 0. The molecule has 1 fully saturated rings. The molecule has 1 saturated heterocycles. The summed E-state index contributed by atoms with van der Waals surface area (Å²) in [6.45, 7) is 2.58. The molecule has 8 nitrogen and oxygen atoms in total. The second-order valence-corrected chi connectivity index (χ2v) is 9.64. The molecule has 0 saturated carbocycles. The summed E-state index contributed by atoms with van der Waals surface area (Å²) < 4.78 is 59.0. The van der Waals surface area contributed by atoms with Gasteiger partial charge in [-0.2, -0.15) is 0 Å². The molecular formula is C24H28FN3O5S. The summed E-state index contributed by atoms with van der Waals surface area (Å²) >= 11 is 0. The highest BCUT2D eigenvalue weighted by atomic mass is 32.2. The van der Waals surface area contributed by atoms with Crippen LogP contribution in [-0.2, 0) is 10.0 Å². The fourth-order valence-electron chi connectivity index (χ4n) is 4.13. The van der Waals surface area contributed by atoms with E-state index in [1.165, 1.54) is 32.4 Å². The van der Waals surface area contributed by atoms with Gasteiger partial charge in [-0.25, -0.2) is 17.5 Å². The lowest BCUT2D eigenvalue weighted by molar-refractivity contribution is 0.166. The molecular weight excluding hydrogens is 461 g/mol.